The molecule has 0 aliphatic carbocycles. The molecule has 0 fully saturated rings. The van der Waals surface area contributed by atoms with Crippen molar-refractivity contribution < 1.29 is 9.57 Å². The second-order valence-corrected chi connectivity index (χ2v) is 2.71. The number of pyridine rings is 2. The molecular weight excluding hydrogens is 178 g/mol. The molecule has 2 aromatic heterocycles. The number of nitrogen functional groups attached to an aromatic ring is 1. The molecule has 0 saturated heterocycles. The van der Waals surface area contributed by atoms with Crippen LogP contribution in [0.15, 0.2) is 48.8 Å². The van der Waals surface area contributed by atoms with Crippen LogP contribution in [-0.2, 0) is 0 Å². The molecule has 0 bridgehead atoms. The van der Waals surface area contributed by atoms with E-state index in [0.29, 0.717) is 11.7 Å². The third-order valence-electron chi connectivity index (χ3n) is 1.68. The van der Waals surface area contributed by atoms with E-state index < -0.39 is 0 Å². The van der Waals surface area contributed by atoms with Gasteiger partial charge < -0.3 is 0 Å². The van der Waals surface area contributed by atoms with E-state index in [1.165, 1.54) is 4.73 Å². The van der Waals surface area contributed by atoms with Gasteiger partial charge in [0.2, 0.25) is 0 Å². The van der Waals surface area contributed by atoms with Gasteiger partial charge in [-0.2, -0.15) is 0 Å². The summed E-state index contributed by atoms with van der Waals surface area (Å²) < 4.78 is 1.46. The normalized spacial score (nSPS) is 9.71. The summed E-state index contributed by atoms with van der Waals surface area (Å²) in [6.07, 6.45) is 3.39. The first-order valence-electron chi connectivity index (χ1n) is 4.22. The van der Waals surface area contributed by atoms with Gasteiger partial charge >= 0.3 is 5.82 Å². The van der Waals surface area contributed by atoms with E-state index in [9.17, 15) is 0 Å². The molecule has 14 heavy (non-hydrogen) atoms. The van der Waals surface area contributed by atoms with Crippen molar-refractivity contribution in [2.24, 2.45) is 0 Å². The molecular formula is C10H10N3O+. The molecule has 0 radical (unpaired) electrons. The van der Waals surface area contributed by atoms with Crippen molar-refractivity contribution in [1.29, 1.82) is 0 Å². The predicted octanol–water partition coefficient (Wildman–Crippen LogP) is 0.793. The smallest absolute Gasteiger partial charge is 0.284 e. The summed E-state index contributed by atoms with van der Waals surface area (Å²) in [6.45, 7) is 0. The summed E-state index contributed by atoms with van der Waals surface area (Å²) in [7, 11) is 0. The van der Waals surface area contributed by atoms with Crippen LogP contribution in [0.1, 0.15) is 0 Å². The summed E-state index contributed by atoms with van der Waals surface area (Å²) in [4.78, 5) is 9.41. The maximum absolute atomic E-state index is 5.68. The standard InChI is InChI=1S/C10H9N3O/c11-9-5-2-4-8-13(9)14-10-6-1-3-7-12-10/h1-8,11H/p+1. The Morgan fingerprint density at radius 3 is 2.71 bits per heavy atom. The van der Waals surface area contributed by atoms with Gasteiger partial charge in [-0.25, -0.2) is 4.98 Å². The predicted molar refractivity (Wildman–Crippen MR) is 51.3 cm³/mol. The molecule has 2 rings (SSSR count). The van der Waals surface area contributed by atoms with Crippen LogP contribution in [0.2, 0.25) is 0 Å². The molecule has 2 heterocycles. The molecule has 0 amide bonds. The van der Waals surface area contributed by atoms with Gasteiger partial charge in [0.1, 0.15) is 6.20 Å². The SMILES string of the molecule is Nc1cccc[n+]1Oc1ccccn1. The molecule has 0 saturated carbocycles. The summed E-state index contributed by atoms with van der Waals surface area (Å²) in [5, 5.41) is 0. The number of hydrogen-bond acceptors (Lipinski definition) is 3. The third-order valence-corrected chi connectivity index (χ3v) is 1.68. The van der Waals surface area contributed by atoms with E-state index in [4.69, 9.17) is 10.6 Å². The first kappa shape index (κ1) is 8.50. The number of hydrogen-bond donors (Lipinski definition) is 1. The van der Waals surface area contributed by atoms with Crippen LogP contribution in [-0.4, -0.2) is 4.98 Å². The first-order valence-corrected chi connectivity index (χ1v) is 4.22. The highest BCUT2D eigenvalue weighted by Gasteiger charge is 2.04. The highest BCUT2D eigenvalue weighted by atomic mass is 16.7. The molecule has 4 nitrogen and oxygen atoms in total. The van der Waals surface area contributed by atoms with Gasteiger partial charge in [-0.05, 0) is 16.9 Å². The lowest BCUT2D eigenvalue weighted by atomic mass is 10.5. The van der Waals surface area contributed by atoms with E-state index in [-0.39, 0.29) is 0 Å². The highest BCUT2D eigenvalue weighted by Crippen LogP contribution is 2.02. The summed E-state index contributed by atoms with van der Waals surface area (Å²) in [6, 6.07) is 10.9. The zero-order chi connectivity index (χ0) is 9.80. The fourth-order valence-corrected chi connectivity index (χ4v) is 1.03. The van der Waals surface area contributed by atoms with Crippen LogP contribution in [0.3, 0.4) is 0 Å². The second-order valence-electron chi connectivity index (χ2n) is 2.71. The molecule has 70 valence electrons. The molecule has 4 heteroatoms. The minimum Gasteiger partial charge on any atom is -0.284 e. The topological polar surface area (TPSA) is 52.0 Å². The van der Waals surface area contributed by atoms with Crippen molar-refractivity contribution in [3.05, 3.63) is 48.8 Å². The summed E-state index contributed by atoms with van der Waals surface area (Å²) in [5.74, 6) is 1.04. The van der Waals surface area contributed by atoms with Crippen molar-refractivity contribution in [1.82, 2.24) is 4.98 Å². The molecule has 0 aliphatic heterocycles. The fraction of sp³-hybridized carbons (Fsp3) is 0. The van der Waals surface area contributed by atoms with Crippen molar-refractivity contribution in [2.75, 3.05) is 5.73 Å². The quantitative estimate of drug-likeness (QED) is 0.709. The van der Waals surface area contributed by atoms with Gasteiger partial charge in [0.15, 0.2) is 0 Å². The van der Waals surface area contributed by atoms with Crippen molar-refractivity contribution in [3.8, 4) is 5.88 Å². The Kier molecular flexibility index (Phi) is 2.27. The third kappa shape index (κ3) is 1.80. The van der Waals surface area contributed by atoms with Crippen LogP contribution >= 0.6 is 0 Å². The Bertz CT molecular complexity index is 417. The van der Waals surface area contributed by atoms with E-state index >= 15 is 0 Å². The van der Waals surface area contributed by atoms with E-state index in [0.717, 1.165) is 0 Å². The lowest BCUT2D eigenvalue weighted by molar-refractivity contribution is -0.864. The van der Waals surface area contributed by atoms with Crippen LogP contribution in [0.4, 0.5) is 5.82 Å². The van der Waals surface area contributed by atoms with E-state index in [1.54, 1.807) is 24.5 Å². The molecule has 2 N–H and O–H groups in total. The monoisotopic (exact) mass is 188 g/mol. The lowest BCUT2D eigenvalue weighted by Crippen LogP contribution is -2.42. The number of nitrogens with zero attached hydrogens (tertiary/aromatic N) is 2. The Morgan fingerprint density at radius 2 is 2.00 bits per heavy atom. The Hall–Kier alpha value is -2.10. The van der Waals surface area contributed by atoms with Gasteiger partial charge in [0.05, 0.1) is 0 Å². The van der Waals surface area contributed by atoms with Crippen LogP contribution < -0.4 is 15.3 Å². The molecule has 0 aromatic carbocycles. The van der Waals surface area contributed by atoms with Gasteiger partial charge in [0.25, 0.3) is 5.88 Å². The number of nitrogens with two attached hydrogens (primary N) is 1. The number of rotatable bonds is 2. The van der Waals surface area contributed by atoms with Gasteiger partial charge in [0, 0.05) is 18.3 Å². The number of aromatic nitrogens is 2. The Labute approximate surface area is 81.5 Å². The minimum absolute atomic E-state index is 0.510. The average Bonchev–Trinajstić information content (AvgIpc) is 2.23. The maximum atomic E-state index is 5.68. The van der Waals surface area contributed by atoms with Gasteiger partial charge in [-0.3, -0.25) is 10.6 Å². The molecule has 0 unspecified atom stereocenters. The number of anilines is 1. The highest BCUT2D eigenvalue weighted by molar-refractivity contribution is 5.18. The molecule has 0 atom stereocenters. The maximum Gasteiger partial charge on any atom is 0.312 e. The van der Waals surface area contributed by atoms with Gasteiger partial charge in [-0.15, -0.1) is 0 Å². The van der Waals surface area contributed by atoms with E-state index in [1.807, 2.05) is 24.3 Å². The van der Waals surface area contributed by atoms with Gasteiger partial charge in [-0.1, -0.05) is 12.1 Å². The lowest BCUT2D eigenvalue weighted by Gasteiger charge is -2.01. The second kappa shape index (κ2) is 3.74. The fourth-order valence-electron chi connectivity index (χ4n) is 1.03. The van der Waals surface area contributed by atoms with Crippen LogP contribution in [0, 0.1) is 0 Å². The van der Waals surface area contributed by atoms with Crippen LogP contribution in [0.5, 0.6) is 5.88 Å². The molecule has 0 aliphatic rings. The van der Waals surface area contributed by atoms with E-state index in [2.05, 4.69) is 4.98 Å². The first-order chi connectivity index (χ1) is 6.86. The average molecular weight is 188 g/mol. The largest absolute Gasteiger partial charge is 0.312 e. The zero-order valence-corrected chi connectivity index (χ0v) is 7.50. The minimum atomic E-state index is 0.510. The summed E-state index contributed by atoms with van der Waals surface area (Å²) in [5.41, 5.74) is 5.68. The van der Waals surface area contributed by atoms with Crippen molar-refractivity contribution in [2.45, 2.75) is 0 Å². The Balaban J connectivity index is 2.24. The van der Waals surface area contributed by atoms with Crippen LogP contribution in [0.25, 0.3) is 0 Å². The summed E-state index contributed by atoms with van der Waals surface area (Å²) >= 11 is 0. The van der Waals surface area contributed by atoms with Crippen molar-refractivity contribution >= 4 is 5.82 Å². The molecule has 0 spiro atoms. The molecule has 2 aromatic rings. The Morgan fingerprint density at radius 1 is 1.14 bits per heavy atom. The van der Waals surface area contributed by atoms with Crippen molar-refractivity contribution in [3.63, 3.8) is 0 Å². The zero-order valence-electron chi connectivity index (χ0n) is 7.50.